The summed E-state index contributed by atoms with van der Waals surface area (Å²) < 4.78 is 5.49. The summed E-state index contributed by atoms with van der Waals surface area (Å²) in [6.07, 6.45) is 75.8. The summed E-state index contributed by atoms with van der Waals surface area (Å²) in [6.45, 7) is 4.87. The van der Waals surface area contributed by atoms with Crippen LogP contribution in [0.2, 0.25) is 0 Å². The van der Waals surface area contributed by atoms with Gasteiger partial charge in [0, 0.05) is 12.8 Å². The van der Waals surface area contributed by atoms with Crippen LogP contribution < -0.4 is 5.32 Å². The number of carbonyl (C=O) groups excluding carboxylic acids is 2. The quantitative estimate of drug-likeness (QED) is 0.0321. The van der Waals surface area contributed by atoms with E-state index in [4.69, 9.17) is 4.74 Å². The zero-order valence-corrected chi connectivity index (χ0v) is 46.7. The maximum Gasteiger partial charge on any atom is 0.305 e. The molecule has 1 amide bonds. The molecule has 2 unspecified atom stereocenters. The maximum absolute atomic E-state index is 12.4. The first-order valence-corrected chi connectivity index (χ1v) is 30.9. The fourth-order valence-electron chi connectivity index (χ4n) is 9.31. The van der Waals surface area contributed by atoms with Gasteiger partial charge < -0.3 is 20.3 Å². The highest BCUT2D eigenvalue weighted by atomic mass is 16.5. The lowest BCUT2D eigenvalue weighted by molar-refractivity contribution is -0.143. The minimum Gasteiger partial charge on any atom is -0.466 e. The lowest BCUT2D eigenvalue weighted by Crippen LogP contribution is -2.45. The van der Waals surface area contributed by atoms with Crippen LogP contribution in [0.4, 0.5) is 0 Å². The van der Waals surface area contributed by atoms with E-state index in [1.54, 1.807) is 6.08 Å². The molecule has 0 aliphatic rings. The Hall–Kier alpha value is -2.18. The summed E-state index contributed by atoms with van der Waals surface area (Å²) in [5.74, 6) is -0.0707. The SMILES string of the molecule is CCCCC/C=C\C/C=C\CCCCCCCCCCCC(=O)OCCCCCCCCCCCCC/C=C\CCCCCCCCCC(=O)NC(CO)C(O)/C=C/CCCCCCCCCCCC. The van der Waals surface area contributed by atoms with E-state index in [0.29, 0.717) is 19.4 Å². The van der Waals surface area contributed by atoms with Gasteiger partial charge in [0.2, 0.25) is 5.91 Å². The van der Waals surface area contributed by atoms with Crippen LogP contribution >= 0.6 is 0 Å². The number of esters is 1. The molecule has 2 atom stereocenters. The summed E-state index contributed by atoms with van der Waals surface area (Å²) in [4.78, 5) is 24.5. The number of aliphatic hydroxyl groups excluding tert-OH is 2. The molecule has 0 radical (unpaired) electrons. The first-order valence-electron chi connectivity index (χ1n) is 30.9. The van der Waals surface area contributed by atoms with Gasteiger partial charge in [0.25, 0.3) is 0 Å². The fraction of sp³-hybridized carbons (Fsp3) is 0.844. The Bertz CT molecular complexity index is 1180. The third kappa shape index (κ3) is 55.1. The number of rotatable bonds is 57. The van der Waals surface area contributed by atoms with Crippen LogP contribution in [0.25, 0.3) is 0 Å². The summed E-state index contributed by atoms with van der Waals surface area (Å²) in [6, 6.07) is -0.633. The summed E-state index contributed by atoms with van der Waals surface area (Å²) >= 11 is 0. The monoisotopic (exact) mass is 982 g/mol. The molecule has 0 aromatic heterocycles. The first kappa shape index (κ1) is 67.8. The summed E-state index contributed by atoms with van der Waals surface area (Å²) in [7, 11) is 0. The number of aliphatic hydroxyl groups is 2. The molecule has 0 heterocycles. The van der Waals surface area contributed by atoms with Gasteiger partial charge in [-0.1, -0.05) is 268 Å². The number of hydrogen-bond acceptors (Lipinski definition) is 5. The molecule has 0 saturated carbocycles. The van der Waals surface area contributed by atoms with E-state index >= 15 is 0 Å². The Morgan fingerprint density at radius 2 is 0.714 bits per heavy atom. The van der Waals surface area contributed by atoms with E-state index < -0.39 is 12.1 Å². The molecule has 0 saturated heterocycles. The van der Waals surface area contributed by atoms with Crippen LogP contribution in [0.3, 0.4) is 0 Å². The minimum atomic E-state index is -0.848. The lowest BCUT2D eigenvalue weighted by Gasteiger charge is -2.20. The van der Waals surface area contributed by atoms with Crippen molar-refractivity contribution in [3.63, 3.8) is 0 Å². The predicted octanol–water partition coefficient (Wildman–Crippen LogP) is 19.4. The minimum absolute atomic E-state index is 0.00523. The lowest BCUT2D eigenvalue weighted by atomic mass is 10.0. The van der Waals surface area contributed by atoms with E-state index in [1.165, 1.54) is 238 Å². The second kappa shape index (κ2) is 59.4. The number of nitrogens with one attached hydrogen (secondary N) is 1. The Labute approximate surface area is 436 Å². The second-order valence-corrected chi connectivity index (χ2v) is 21.0. The molecule has 0 spiro atoms. The van der Waals surface area contributed by atoms with Crippen LogP contribution in [-0.2, 0) is 14.3 Å². The van der Waals surface area contributed by atoms with E-state index in [9.17, 15) is 19.8 Å². The van der Waals surface area contributed by atoms with Crippen LogP contribution in [0.15, 0.2) is 48.6 Å². The highest BCUT2D eigenvalue weighted by Gasteiger charge is 2.18. The van der Waals surface area contributed by atoms with E-state index in [0.717, 1.165) is 57.8 Å². The van der Waals surface area contributed by atoms with Crippen molar-refractivity contribution in [2.24, 2.45) is 0 Å². The Morgan fingerprint density at radius 3 is 1.13 bits per heavy atom. The average molecular weight is 983 g/mol. The largest absolute Gasteiger partial charge is 0.466 e. The van der Waals surface area contributed by atoms with Gasteiger partial charge in [-0.15, -0.1) is 0 Å². The van der Waals surface area contributed by atoms with Crippen molar-refractivity contribution >= 4 is 11.9 Å². The van der Waals surface area contributed by atoms with Crippen molar-refractivity contribution in [3.8, 4) is 0 Å². The first-order chi connectivity index (χ1) is 34.5. The van der Waals surface area contributed by atoms with Crippen LogP contribution in [0.1, 0.15) is 322 Å². The Kier molecular flexibility index (Phi) is 57.5. The van der Waals surface area contributed by atoms with Gasteiger partial charge >= 0.3 is 5.97 Å². The number of carbonyl (C=O) groups is 2. The van der Waals surface area contributed by atoms with Gasteiger partial charge in [-0.3, -0.25) is 9.59 Å². The number of hydrogen-bond donors (Lipinski definition) is 3. The molecule has 410 valence electrons. The number of unbranched alkanes of at least 4 members (excludes halogenated alkanes) is 40. The van der Waals surface area contributed by atoms with Gasteiger partial charge in [0.15, 0.2) is 0 Å². The molecular formula is C64H119NO5. The molecule has 6 heteroatoms. The summed E-state index contributed by atoms with van der Waals surface area (Å²) in [5, 5.41) is 23.0. The zero-order chi connectivity index (χ0) is 50.7. The molecule has 0 aromatic carbocycles. The van der Waals surface area contributed by atoms with Gasteiger partial charge in [-0.05, 0) is 89.9 Å². The standard InChI is InChI=1S/C64H119NO5/c1-3-5-7-9-11-13-15-17-18-19-24-28-31-34-38-42-46-50-54-58-64(69)70-59-55-51-47-43-39-35-32-29-26-23-21-20-22-25-27-30-33-37-41-45-49-53-57-63(68)65-61(60-66)62(67)56-52-48-44-40-36-16-14-12-10-8-6-4-2/h11,13,17-18,22,25,52,56,61-62,66-67H,3-10,12,14-16,19-21,23-24,26-51,53-55,57-60H2,1-2H3,(H,65,68)/b13-11-,18-17-,25-22-,56-52+. The Morgan fingerprint density at radius 1 is 0.400 bits per heavy atom. The van der Waals surface area contributed by atoms with Crippen molar-refractivity contribution in [3.05, 3.63) is 48.6 Å². The topological polar surface area (TPSA) is 95.9 Å². The van der Waals surface area contributed by atoms with Crippen molar-refractivity contribution in [1.29, 1.82) is 0 Å². The molecule has 0 rings (SSSR count). The van der Waals surface area contributed by atoms with Crippen molar-refractivity contribution in [2.75, 3.05) is 13.2 Å². The zero-order valence-electron chi connectivity index (χ0n) is 46.7. The molecule has 0 aliphatic heterocycles. The third-order valence-corrected chi connectivity index (χ3v) is 14.1. The van der Waals surface area contributed by atoms with Crippen LogP contribution in [0.5, 0.6) is 0 Å². The molecule has 0 aromatic rings. The summed E-state index contributed by atoms with van der Waals surface area (Å²) in [5.41, 5.74) is 0. The highest BCUT2D eigenvalue weighted by Crippen LogP contribution is 2.16. The number of allylic oxidation sites excluding steroid dienone is 7. The van der Waals surface area contributed by atoms with Crippen molar-refractivity contribution < 1.29 is 24.5 Å². The van der Waals surface area contributed by atoms with Crippen molar-refractivity contribution in [1.82, 2.24) is 5.32 Å². The predicted molar refractivity (Wildman–Crippen MR) is 306 cm³/mol. The van der Waals surface area contributed by atoms with Crippen LogP contribution in [-0.4, -0.2) is 47.4 Å². The second-order valence-electron chi connectivity index (χ2n) is 21.0. The van der Waals surface area contributed by atoms with E-state index in [-0.39, 0.29) is 18.5 Å². The normalized spacial score (nSPS) is 12.9. The molecule has 0 fully saturated rings. The molecule has 0 bridgehead atoms. The van der Waals surface area contributed by atoms with Gasteiger partial charge in [-0.2, -0.15) is 0 Å². The fourth-order valence-corrected chi connectivity index (χ4v) is 9.31. The third-order valence-electron chi connectivity index (χ3n) is 14.1. The molecule has 70 heavy (non-hydrogen) atoms. The average Bonchev–Trinajstić information content (AvgIpc) is 3.36. The Balaban J connectivity index is 3.41. The highest BCUT2D eigenvalue weighted by molar-refractivity contribution is 5.76. The van der Waals surface area contributed by atoms with Crippen molar-refractivity contribution in [2.45, 2.75) is 334 Å². The van der Waals surface area contributed by atoms with Gasteiger partial charge in [-0.25, -0.2) is 0 Å². The number of ether oxygens (including phenoxy) is 1. The smallest absolute Gasteiger partial charge is 0.305 e. The molecule has 6 nitrogen and oxygen atoms in total. The molecule has 0 aliphatic carbocycles. The molecule has 3 N–H and O–H groups in total. The van der Waals surface area contributed by atoms with Crippen LogP contribution in [0, 0.1) is 0 Å². The maximum atomic E-state index is 12.4. The van der Waals surface area contributed by atoms with Gasteiger partial charge in [0.1, 0.15) is 0 Å². The van der Waals surface area contributed by atoms with Gasteiger partial charge in [0.05, 0.1) is 25.4 Å². The van der Waals surface area contributed by atoms with E-state index in [1.807, 2.05) is 6.08 Å². The molecular weight excluding hydrogens is 863 g/mol. The number of amides is 1. The van der Waals surface area contributed by atoms with E-state index in [2.05, 4.69) is 55.6 Å².